The first kappa shape index (κ1) is 25.3. The van der Waals surface area contributed by atoms with Gasteiger partial charge in [-0.2, -0.15) is 0 Å². The number of allylic oxidation sites excluding steroid dienone is 6. The molecule has 0 aromatic carbocycles. The smallest absolute Gasteiger partial charge is 0.321 e. The van der Waals surface area contributed by atoms with Gasteiger partial charge in [-0.1, -0.05) is 6.08 Å². The van der Waals surface area contributed by atoms with Crippen LogP contribution in [0.25, 0.3) is 0 Å². The summed E-state index contributed by atoms with van der Waals surface area (Å²) in [6.45, 7) is 13.3. The Hall–Kier alpha value is -3.40. The number of aromatic nitrogens is 1. The second-order valence-corrected chi connectivity index (χ2v) is 12.5. The van der Waals surface area contributed by atoms with E-state index in [1.165, 1.54) is 27.9 Å². The second kappa shape index (κ2) is 8.58. The minimum atomic E-state index is -0.140. The number of fused-ring (bicyclic) bond motifs is 2. The van der Waals surface area contributed by atoms with Crippen LogP contribution in [0.3, 0.4) is 0 Å². The molecule has 5 rings (SSSR count). The molecule has 0 saturated carbocycles. The molecule has 0 saturated heterocycles. The van der Waals surface area contributed by atoms with Crippen molar-refractivity contribution in [1.82, 2.24) is 4.90 Å². The normalized spacial score (nSPS) is 25.3. The van der Waals surface area contributed by atoms with Crippen molar-refractivity contribution in [3.05, 3.63) is 94.5 Å². The quantitative estimate of drug-likeness (QED) is 0.320. The van der Waals surface area contributed by atoms with Gasteiger partial charge in [0.15, 0.2) is 18.0 Å². The Morgan fingerprint density at radius 2 is 1.81 bits per heavy atom. The van der Waals surface area contributed by atoms with Gasteiger partial charge in [-0.3, -0.25) is 4.90 Å². The minimum absolute atomic E-state index is 0.112. The van der Waals surface area contributed by atoms with Crippen molar-refractivity contribution in [2.45, 2.75) is 40.0 Å². The van der Waals surface area contributed by atoms with E-state index in [1.807, 2.05) is 13.2 Å². The number of likely N-dealkylation sites (N-methyl/N-ethyl adjacent to an activating group) is 2. The monoisotopic (exact) mass is 494 g/mol. The maximum Gasteiger partial charge on any atom is 0.327 e. The molecule has 1 aromatic heterocycles. The van der Waals surface area contributed by atoms with Gasteiger partial charge < -0.3 is 4.48 Å². The third-order valence-corrected chi connectivity index (χ3v) is 8.34. The first-order valence-corrected chi connectivity index (χ1v) is 13.1. The van der Waals surface area contributed by atoms with E-state index in [-0.39, 0.29) is 10.8 Å². The van der Waals surface area contributed by atoms with Gasteiger partial charge in [0.25, 0.3) is 0 Å². The number of rotatable bonds is 3. The molecule has 0 radical (unpaired) electrons. The van der Waals surface area contributed by atoms with Crippen LogP contribution in [-0.4, -0.2) is 55.2 Å². The Labute approximate surface area is 222 Å². The first-order valence-electron chi connectivity index (χ1n) is 13.1. The van der Waals surface area contributed by atoms with Crippen molar-refractivity contribution in [3.8, 4) is 0 Å². The summed E-state index contributed by atoms with van der Waals surface area (Å²) in [6.07, 6.45) is 18.4. The van der Waals surface area contributed by atoms with Gasteiger partial charge in [-0.05, 0) is 75.5 Å². The Morgan fingerprint density at radius 1 is 1.05 bits per heavy atom. The third-order valence-electron chi connectivity index (χ3n) is 8.34. The summed E-state index contributed by atoms with van der Waals surface area (Å²) in [4.78, 5) is 12.1. The Balaban J connectivity index is 1.49. The highest BCUT2D eigenvalue weighted by molar-refractivity contribution is 6.07. The van der Waals surface area contributed by atoms with Gasteiger partial charge in [0.2, 0.25) is 5.84 Å². The standard InChI is InChI=1S/C32H40N5/c1-22-23(14-16-27-31(2,3)25-12-10-18-35(6)29(25)33-27)20-37(8,9)21-24(22)15-17-28-32(4,5)26-13-11-19-36(7)30(26)34-28/h10,12-19H,20-21H2,1-9H3/q+3. The van der Waals surface area contributed by atoms with E-state index >= 15 is 0 Å². The Bertz CT molecular complexity index is 1420. The summed E-state index contributed by atoms with van der Waals surface area (Å²) in [7, 11) is 8.73. The molecule has 5 heteroatoms. The zero-order valence-corrected chi connectivity index (χ0v) is 23.8. The largest absolute Gasteiger partial charge is 0.327 e. The number of amidine groups is 1. The maximum atomic E-state index is 5.02. The number of quaternary nitrogens is 1. The van der Waals surface area contributed by atoms with Crippen LogP contribution in [0.2, 0.25) is 0 Å². The van der Waals surface area contributed by atoms with E-state index in [0.717, 1.165) is 40.6 Å². The van der Waals surface area contributed by atoms with Crippen LogP contribution in [0.15, 0.2) is 92.9 Å². The number of hydrogen-bond donors (Lipinski definition) is 0. The minimum Gasteiger partial charge on any atom is -0.321 e. The molecule has 190 valence electrons. The third kappa shape index (κ3) is 4.27. The van der Waals surface area contributed by atoms with E-state index < -0.39 is 0 Å². The van der Waals surface area contributed by atoms with Gasteiger partial charge in [-0.15, -0.1) is 0 Å². The fourth-order valence-corrected chi connectivity index (χ4v) is 5.79. The number of nitrogens with zero attached hydrogens (tertiary/aromatic N) is 5. The van der Waals surface area contributed by atoms with Crippen molar-refractivity contribution in [2.75, 3.05) is 34.2 Å². The zero-order valence-electron chi connectivity index (χ0n) is 23.8. The van der Waals surface area contributed by atoms with Gasteiger partial charge in [-0.25, -0.2) is 9.56 Å². The van der Waals surface area contributed by atoms with E-state index in [0.29, 0.717) is 0 Å². The van der Waals surface area contributed by atoms with Crippen LogP contribution in [0, 0.1) is 11.5 Å². The molecule has 1 aromatic rings. The van der Waals surface area contributed by atoms with Crippen molar-refractivity contribution in [1.29, 1.82) is 0 Å². The number of aliphatic imine (C=N–C) groups is 2. The van der Waals surface area contributed by atoms with Crippen molar-refractivity contribution in [2.24, 2.45) is 22.4 Å². The van der Waals surface area contributed by atoms with Crippen LogP contribution < -0.4 is 4.57 Å². The molecule has 0 spiro atoms. The van der Waals surface area contributed by atoms with Gasteiger partial charge >= 0.3 is 5.82 Å². The SMILES string of the molecule is CC1=C(/C=C/C2=Nc3c(ccc[n+]3C)C2(C)C)C[N+](C)(C)C/C1=C\C=C1/N=C2C(=C[C+]=CN2C)C1(C)C. The summed E-state index contributed by atoms with van der Waals surface area (Å²) in [5.74, 6) is 2.08. The lowest BCUT2D eigenvalue weighted by atomic mass is 9.81. The lowest BCUT2D eigenvalue weighted by molar-refractivity contribution is -0.881. The average Bonchev–Trinajstić information content (AvgIpc) is 3.24. The van der Waals surface area contributed by atoms with Gasteiger partial charge in [0.1, 0.15) is 30.2 Å². The maximum absolute atomic E-state index is 5.02. The molecule has 37 heavy (non-hydrogen) atoms. The lowest BCUT2D eigenvalue weighted by Gasteiger charge is -2.36. The molecule has 4 aliphatic heterocycles. The molecular formula is C32H40N5+3. The average molecular weight is 495 g/mol. The Morgan fingerprint density at radius 3 is 2.51 bits per heavy atom. The van der Waals surface area contributed by atoms with E-state index in [4.69, 9.17) is 9.98 Å². The zero-order chi connectivity index (χ0) is 26.8. The molecule has 4 aliphatic rings. The lowest BCUT2D eigenvalue weighted by Crippen LogP contribution is -2.45. The second-order valence-electron chi connectivity index (χ2n) is 12.5. The molecule has 0 aliphatic carbocycles. The fraction of sp³-hybridized carbons (Fsp3) is 0.406. The summed E-state index contributed by atoms with van der Waals surface area (Å²) < 4.78 is 3.03. The summed E-state index contributed by atoms with van der Waals surface area (Å²) in [5, 5.41) is 0. The van der Waals surface area contributed by atoms with Crippen LogP contribution in [0.1, 0.15) is 40.2 Å². The highest BCUT2D eigenvalue weighted by Crippen LogP contribution is 2.44. The molecule has 0 atom stereocenters. The first-order chi connectivity index (χ1) is 17.3. The van der Waals surface area contributed by atoms with Crippen molar-refractivity contribution >= 4 is 17.4 Å². The predicted octanol–water partition coefficient (Wildman–Crippen LogP) is 5.27. The van der Waals surface area contributed by atoms with Gasteiger partial charge in [0, 0.05) is 18.2 Å². The molecule has 0 amide bonds. The number of hydrogen-bond acceptors (Lipinski definition) is 3. The summed E-state index contributed by atoms with van der Waals surface area (Å²) in [6, 6.07) is 4.31. The van der Waals surface area contributed by atoms with Crippen LogP contribution in [0.5, 0.6) is 0 Å². The topological polar surface area (TPSA) is 31.8 Å². The van der Waals surface area contributed by atoms with Gasteiger partial charge in [0.05, 0.1) is 44.0 Å². The Kier molecular flexibility index (Phi) is 5.86. The van der Waals surface area contributed by atoms with E-state index in [2.05, 4.69) is 120 Å². The van der Waals surface area contributed by atoms with E-state index in [9.17, 15) is 0 Å². The molecule has 0 bridgehead atoms. The number of aryl methyl sites for hydroxylation is 1. The van der Waals surface area contributed by atoms with Crippen molar-refractivity contribution in [3.63, 3.8) is 0 Å². The molecule has 5 nitrogen and oxygen atoms in total. The number of pyridine rings is 1. The summed E-state index contributed by atoms with van der Waals surface area (Å²) in [5.41, 5.74) is 8.56. The summed E-state index contributed by atoms with van der Waals surface area (Å²) >= 11 is 0. The van der Waals surface area contributed by atoms with Crippen LogP contribution in [-0.2, 0) is 12.5 Å². The van der Waals surface area contributed by atoms with Crippen LogP contribution in [0.4, 0.5) is 5.82 Å². The highest BCUT2D eigenvalue weighted by Gasteiger charge is 2.46. The van der Waals surface area contributed by atoms with E-state index in [1.54, 1.807) is 0 Å². The molecule has 5 heterocycles. The molecule has 0 N–H and O–H groups in total. The molecule has 0 fully saturated rings. The fourth-order valence-electron chi connectivity index (χ4n) is 5.79. The predicted molar refractivity (Wildman–Crippen MR) is 152 cm³/mol. The molecular weight excluding hydrogens is 454 g/mol. The molecule has 0 unspecified atom stereocenters. The van der Waals surface area contributed by atoms with Crippen LogP contribution >= 0.6 is 0 Å². The highest BCUT2D eigenvalue weighted by atomic mass is 15.3. The van der Waals surface area contributed by atoms with Crippen molar-refractivity contribution < 1.29 is 9.05 Å².